The quantitative estimate of drug-likeness (QED) is 0.685. The number of fused-ring (bicyclic) bond motifs is 2. The van der Waals surface area contributed by atoms with Crippen LogP contribution in [0.1, 0.15) is 54.0 Å². The third-order valence-electron chi connectivity index (χ3n) is 3.89. The van der Waals surface area contributed by atoms with E-state index in [1.165, 1.54) is 48.8 Å². The Morgan fingerprint density at radius 2 is 1.53 bits per heavy atom. The minimum Gasteiger partial charge on any atom is -0.388 e. The van der Waals surface area contributed by atoms with E-state index in [1.807, 2.05) is 0 Å². The van der Waals surface area contributed by atoms with Crippen molar-refractivity contribution < 1.29 is 5.11 Å². The summed E-state index contributed by atoms with van der Waals surface area (Å²) in [6.07, 6.45) is 8.20. The molecule has 0 amide bonds. The fourth-order valence-electron chi connectivity index (χ4n) is 3.02. The summed E-state index contributed by atoms with van der Waals surface area (Å²) in [7, 11) is 0. The first-order valence-corrected chi connectivity index (χ1v) is 6.17. The second-order valence-corrected chi connectivity index (χ2v) is 4.93. The van der Waals surface area contributed by atoms with Crippen molar-refractivity contribution in [2.75, 3.05) is 0 Å². The van der Waals surface area contributed by atoms with Crippen LogP contribution in [0.3, 0.4) is 0 Å². The normalized spacial score (nSPS) is 24.5. The summed E-state index contributed by atoms with van der Waals surface area (Å²) in [6, 6.07) is 4.65. The van der Waals surface area contributed by atoms with Gasteiger partial charge in [0, 0.05) is 0 Å². The lowest BCUT2D eigenvalue weighted by atomic mass is 9.82. The zero-order valence-corrected chi connectivity index (χ0v) is 9.13. The molecule has 0 heterocycles. The molecule has 1 aromatic carbocycles. The number of aliphatic hydroxyl groups is 1. The highest BCUT2D eigenvalue weighted by atomic mass is 16.3. The highest BCUT2D eigenvalue weighted by Crippen LogP contribution is 2.34. The third kappa shape index (κ3) is 1.59. The number of hydrogen-bond donors (Lipinski definition) is 1. The van der Waals surface area contributed by atoms with E-state index < -0.39 is 0 Å². The van der Waals surface area contributed by atoms with Gasteiger partial charge in [-0.25, -0.2) is 0 Å². The summed E-state index contributed by atoms with van der Waals surface area (Å²) in [5.74, 6) is 0. The van der Waals surface area contributed by atoms with Crippen LogP contribution < -0.4 is 0 Å². The van der Waals surface area contributed by atoms with Crippen LogP contribution in [-0.2, 0) is 19.3 Å². The lowest BCUT2D eigenvalue weighted by Crippen LogP contribution is -2.13. The molecule has 80 valence electrons. The number of rotatable bonds is 0. The van der Waals surface area contributed by atoms with E-state index in [1.54, 1.807) is 5.56 Å². The predicted octanol–water partition coefficient (Wildman–Crippen LogP) is 2.94. The van der Waals surface area contributed by atoms with Crippen LogP contribution >= 0.6 is 0 Å². The standard InChI is InChI=1S/C14H18O/c15-14-7-3-6-12-8-10-4-1-2-5-11(10)9-13(12)14/h8-9,14-15H,1-7H2. The Morgan fingerprint density at radius 1 is 0.867 bits per heavy atom. The first-order chi connectivity index (χ1) is 7.34. The van der Waals surface area contributed by atoms with Gasteiger partial charge < -0.3 is 5.11 Å². The number of aryl methyl sites for hydroxylation is 3. The van der Waals surface area contributed by atoms with Crippen LogP contribution in [0.25, 0.3) is 0 Å². The van der Waals surface area contributed by atoms with Gasteiger partial charge >= 0.3 is 0 Å². The van der Waals surface area contributed by atoms with Gasteiger partial charge in [-0.05, 0) is 67.2 Å². The van der Waals surface area contributed by atoms with Crippen molar-refractivity contribution >= 4 is 0 Å². The maximum atomic E-state index is 9.96. The number of aliphatic hydroxyl groups excluding tert-OH is 1. The fraction of sp³-hybridized carbons (Fsp3) is 0.571. The van der Waals surface area contributed by atoms with Crippen LogP contribution in [0.15, 0.2) is 12.1 Å². The molecule has 1 nitrogen and oxygen atoms in total. The summed E-state index contributed by atoms with van der Waals surface area (Å²) >= 11 is 0. The van der Waals surface area contributed by atoms with Crippen molar-refractivity contribution in [1.29, 1.82) is 0 Å². The van der Waals surface area contributed by atoms with Crippen LogP contribution in [0.4, 0.5) is 0 Å². The van der Waals surface area contributed by atoms with Gasteiger partial charge in [0.2, 0.25) is 0 Å². The first kappa shape index (κ1) is 9.41. The lowest BCUT2D eigenvalue weighted by Gasteiger charge is -2.25. The molecule has 0 radical (unpaired) electrons. The zero-order valence-electron chi connectivity index (χ0n) is 9.13. The molecule has 0 bridgehead atoms. The zero-order chi connectivity index (χ0) is 10.3. The third-order valence-corrected chi connectivity index (χ3v) is 3.89. The molecule has 1 heteroatoms. The van der Waals surface area contributed by atoms with E-state index in [9.17, 15) is 5.11 Å². The highest BCUT2D eigenvalue weighted by Gasteiger charge is 2.20. The van der Waals surface area contributed by atoms with Gasteiger partial charge in [0.1, 0.15) is 0 Å². The summed E-state index contributed by atoms with van der Waals surface area (Å²) in [5, 5.41) is 9.96. The predicted molar refractivity (Wildman–Crippen MR) is 61.0 cm³/mol. The average molecular weight is 202 g/mol. The first-order valence-electron chi connectivity index (χ1n) is 6.17. The largest absolute Gasteiger partial charge is 0.388 e. The average Bonchev–Trinajstić information content (AvgIpc) is 2.27. The molecule has 15 heavy (non-hydrogen) atoms. The van der Waals surface area contributed by atoms with Crippen LogP contribution in [0, 0.1) is 0 Å². The maximum absolute atomic E-state index is 9.96. The molecule has 0 aliphatic heterocycles. The Morgan fingerprint density at radius 3 is 2.33 bits per heavy atom. The second-order valence-electron chi connectivity index (χ2n) is 4.93. The Balaban J connectivity index is 2.08. The fourth-order valence-corrected chi connectivity index (χ4v) is 3.02. The van der Waals surface area contributed by atoms with Crippen molar-refractivity contribution in [1.82, 2.24) is 0 Å². The van der Waals surface area contributed by atoms with Gasteiger partial charge in [-0.1, -0.05) is 12.1 Å². The Hall–Kier alpha value is -0.820. The molecule has 1 unspecified atom stereocenters. The van der Waals surface area contributed by atoms with E-state index in [-0.39, 0.29) is 6.10 Å². The van der Waals surface area contributed by atoms with Crippen molar-refractivity contribution in [3.8, 4) is 0 Å². The molecular formula is C14H18O. The lowest BCUT2D eigenvalue weighted by molar-refractivity contribution is 0.156. The van der Waals surface area contributed by atoms with Crippen molar-refractivity contribution in [3.63, 3.8) is 0 Å². The molecule has 0 spiro atoms. The minimum absolute atomic E-state index is 0.194. The Bertz CT molecular complexity index is 381. The van der Waals surface area contributed by atoms with Crippen molar-refractivity contribution in [2.24, 2.45) is 0 Å². The van der Waals surface area contributed by atoms with Crippen molar-refractivity contribution in [3.05, 3.63) is 34.4 Å². The topological polar surface area (TPSA) is 20.2 Å². The molecule has 2 aliphatic carbocycles. The SMILES string of the molecule is OC1CCCc2cc3c(cc21)CCCC3. The van der Waals surface area contributed by atoms with Crippen LogP contribution in [-0.4, -0.2) is 5.11 Å². The summed E-state index contributed by atoms with van der Waals surface area (Å²) in [4.78, 5) is 0. The molecule has 0 saturated heterocycles. The molecule has 0 fully saturated rings. The van der Waals surface area contributed by atoms with E-state index in [0.717, 1.165) is 12.8 Å². The van der Waals surface area contributed by atoms with Gasteiger partial charge in [0.05, 0.1) is 6.10 Å². The second kappa shape index (κ2) is 3.64. The van der Waals surface area contributed by atoms with E-state index in [2.05, 4.69) is 12.1 Å². The van der Waals surface area contributed by atoms with Crippen LogP contribution in [0.2, 0.25) is 0 Å². The summed E-state index contributed by atoms with van der Waals surface area (Å²) < 4.78 is 0. The van der Waals surface area contributed by atoms with Crippen molar-refractivity contribution in [2.45, 2.75) is 51.0 Å². The van der Waals surface area contributed by atoms with Gasteiger partial charge in [-0.3, -0.25) is 0 Å². The molecule has 1 atom stereocenters. The number of benzene rings is 1. The van der Waals surface area contributed by atoms with E-state index in [0.29, 0.717) is 0 Å². The monoisotopic (exact) mass is 202 g/mol. The number of hydrogen-bond acceptors (Lipinski definition) is 1. The van der Waals surface area contributed by atoms with Gasteiger partial charge in [-0.15, -0.1) is 0 Å². The Kier molecular flexibility index (Phi) is 2.28. The maximum Gasteiger partial charge on any atom is 0.0792 e. The molecule has 1 N–H and O–H groups in total. The smallest absolute Gasteiger partial charge is 0.0792 e. The molecule has 0 aromatic heterocycles. The Labute approximate surface area is 91.1 Å². The molecule has 1 aromatic rings. The van der Waals surface area contributed by atoms with Crippen LogP contribution in [0.5, 0.6) is 0 Å². The van der Waals surface area contributed by atoms with E-state index >= 15 is 0 Å². The summed E-state index contributed by atoms with van der Waals surface area (Å²) in [6.45, 7) is 0. The summed E-state index contributed by atoms with van der Waals surface area (Å²) in [5.41, 5.74) is 5.69. The van der Waals surface area contributed by atoms with Gasteiger partial charge in [0.15, 0.2) is 0 Å². The van der Waals surface area contributed by atoms with Gasteiger partial charge in [0.25, 0.3) is 0 Å². The molecular weight excluding hydrogens is 184 g/mol. The molecule has 0 saturated carbocycles. The molecule has 3 rings (SSSR count). The van der Waals surface area contributed by atoms with E-state index in [4.69, 9.17) is 0 Å². The molecule has 2 aliphatic rings. The highest BCUT2D eigenvalue weighted by molar-refractivity contribution is 5.42. The van der Waals surface area contributed by atoms with Gasteiger partial charge in [-0.2, -0.15) is 0 Å². The minimum atomic E-state index is -0.194.